The maximum atomic E-state index is 13.6. The SMILES string of the molecule is O=C(N[C@@H](Cc1ccccc1)C(=O)N[C@H](/C=C/S(=O)(=O)c1ccccc1)CCc1ccccc1)c1ccccn1. The predicted octanol–water partition coefficient (Wildman–Crippen LogP) is 4.53. The van der Waals surface area contributed by atoms with Crippen molar-refractivity contribution in [2.45, 2.75) is 36.2 Å². The molecule has 2 amide bonds. The maximum Gasteiger partial charge on any atom is 0.270 e. The van der Waals surface area contributed by atoms with Gasteiger partial charge in [0.05, 0.1) is 4.90 Å². The molecule has 0 aliphatic rings. The third-order valence-corrected chi connectivity index (χ3v) is 7.72. The van der Waals surface area contributed by atoms with E-state index in [9.17, 15) is 18.0 Å². The maximum absolute atomic E-state index is 13.6. The largest absolute Gasteiger partial charge is 0.348 e. The molecule has 8 heteroatoms. The minimum absolute atomic E-state index is 0.170. The van der Waals surface area contributed by atoms with E-state index in [2.05, 4.69) is 15.6 Å². The molecule has 0 saturated carbocycles. The number of rotatable bonds is 12. The van der Waals surface area contributed by atoms with E-state index >= 15 is 0 Å². The normalized spacial score (nSPS) is 12.9. The van der Waals surface area contributed by atoms with Crippen molar-refractivity contribution in [3.05, 3.63) is 144 Å². The number of aromatic nitrogens is 1. The van der Waals surface area contributed by atoms with Gasteiger partial charge in [-0.2, -0.15) is 0 Å². The van der Waals surface area contributed by atoms with Crippen LogP contribution in [0, 0.1) is 0 Å². The van der Waals surface area contributed by atoms with E-state index in [0.29, 0.717) is 12.8 Å². The molecule has 7 nitrogen and oxygen atoms in total. The van der Waals surface area contributed by atoms with Crippen LogP contribution in [0.25, 0.3) is 0 Å². The first-order valence-corrected chi connectivity index (χ1v) is 14.5. The molecule has 0 aliphatic heterocycles. The van der Waals surface area contributed by atoms with Crippen LogP contribution in [0.15, 0.2) is 132 Å². The third-order valence-electron chi connectivity index (χ3n) is 6.28. The van der Waals surface area contributed by atoms with Crippen LogP contribution in [0.2, 0.25) is 0 Å². The Morgan fingerprint density at radius 2 is 1.35 bits per heavy atom. The first kappa shape index (κ1) is 28.4. The van der Waals surface area contributed by atoms with Crippen molar-refractivity contribution in [1.82, 2.24) is 15.6 Å². The summed E-state index contributed by atoms with van der Waals surface area (Å²) in [6.45, 7) is 0. The smallest absolute Gasteiger partial charge is 0.270 e. The van der Waals surface area contributed by atoms with Crippen LogP contribution in [0.5, 0.6) is 0 Å². The Kier molecular flexibility index (Phi) is 9.96. The van der Waals surface area contributed by atoms with Crippen LogP contribution < -0.4 is 10.6 Å². The highest BCUT2D eigenvalue weighted by atomic mass is 32.2. The van der Waals surface area contributed by atoms with Gasteiger partial charge in [-0.05, 0) is 48.2 Å². The number of carbonyl (C=O) groups excluding carboxylic acids is 2. The van der Waals surface area contributed by atoms with Crippen molar-refractivity contribution >= 4 is 21.7 Å². The number of nitrogens with one attached hydrogen (secondary N) is 2. The third kappa shape index (κ3) is 8.47. The number of sulfone groups is 1. The van der Waals surface area contributed by atoms with Gasteiger partial charge < -0.3 is 10.6 Å². The van der Waals surface area contributed by atoms with Gasteiger partial charge >= 0.3 is 0 Å². The standard InChI is InChI=1S/C32H31N3O4S/c36-31(29-18-10-11-22-33-29)35-30(24-26-14-6-2-7-15-26)32(37)34-27(20-19-25-12-4-1-5-13-25)21-23-40(38,39)28-16-8-3-9-17-28/h1-18,21-23,27,30H,19-20,24H2,(H,34,37)(H,35,36)/b23-21+/t27-,30-/m0/s1. The number of benzene rings is 3. The molecule has 0 spiro atoms. The quantitative estimate of drug-likeness (QED) is 0.268. The van der Waals surface area contributed by atoms with E-state index < -0.39 is 33.7 Å². The molecule has 40 heavy (non-hydrogen) atoms. The molecule has 0 radical (unpaired) electrons. The number of carbonyl (C=O) groups is 2. The lowest BCUT2D eigenvalue weighted by molar-refractivity contribution is -0.123. The first-order valence-electron chi connectivity index (χ1n) is 13.0. The van der Waals surface area contributed by atoms with Gasteiger partial charge in [0.1, 0.15) is 11.7 Å². The topological polar surface area (TPSA) is 105 Å². The Hall–Kier alpha value is -4.56. The Balaban J connectivity index is 1.56. The number of hydrogen-bond acceptors (Lipinski definition) is 5. The zero-order valence-corrected chi connectivity index (χ0v) is 22.7. The van der Waals surface area contributed by atoms with E-state index in [1.807, 2.05) is 60.7 Å². The number of pyridine rings is 1. The van der Waals surface area contributed by atoms with E-state index in [4.69, 9.17) is 0 Å². The highest BCUT2D eigenvalue weighted by molar-refractivity contribution is 7.94. The second-order valence-electron chi connectivity index (χ2n) is 9.26. The van der Waals surface area contributed by atoms with E-state index in [1.165, 1.54) is 24.4 Å². The summed E-state index contributed by atoms with van der Waals surface area (Å²) >= 11 is 0. The lowest BCUT2D eigenvalue weighted by Crippen LogP contribution is -2.50. The summed E-state index contributed by atoms with van der Waals surface area (Å²) < 4.78 is 25.8. The summed E-state index contributed by atoms with van der Waals surface area (Å²) in [5, 5.41) is 6.90. The molecule has 1 aromatic heterocycles. The van der Waals surface area contributed by atoms with Crippen molar-refractivity contribution in [3.63, 3.8) is 0 Å². The molecular weight excluding hydrogens is 522 g/mol. The van der Waals surface area contributed by atoms with Crippen LogP contribution in [-0.2, 0) is 27.5 Å². The van der Waals surface area contributed by atoms with Crippen molar-refractivity contribution < 1.29 is 18.0 Å². The first-order chi connectivity index (χ1) is 19.4. The van der Waals surface area contributed by atoms with Gasteiger partial charge in [0.25, 0.3) is 5.91 Å². The monoisotopic (exact) mass is 553 g/mol. The molecule has 1 heterocycles. The number of amides is 2. The Labute approximate surface area is 234 Å². The Bertz CT molecular complexity index is 1510. The minimum atomic E-state index is -3.71. The number of nitrogens with zero attached hydrogens (tertiary/aromatic N) is 1. The highest BCUT2D eigenvalue weighted by Gasteiger charge is 2.24. The highest BCUT2D eigenvalue weighted by Crippen LogP contribution is 2.14. The molecule has 0 bridgehead atoms. The fourth-order valence-corrected chi connectivity index (χ4v) is 5.23. The molecule has 204 valence electrons. The second kappa shape index (κ2) is 14.0. The van der Waals surface area contributed by atoms with Crippen molar-refractivity contribution in [2.24, 2.45) is 0 Å². The molecule has 0 unspecified atom stereocenters. The van der Waals surface area contributed by atoms with Crippen LogP contribution >= 0.6 is 0 Å². The molecule has 2 N–H and O–H groups in total. The van der Waals surface area contributed by atoms with Gasteiger partial charge in [0, 0.05) is 24.1 Å². The summed E-state index contributed by atoms with van der Waals surface area (Å²) in [5.74, 6) is -0.896. The summed E-state index contributed by atoms with van der Waals surface area (Å²) in [6.07, 6.45) is 4.35. The van der Waals surface area contributed by atoms with Crippen LogP contribution in [-0.4, -0.2) is 37.3 Å². The molecule has 0 saturated heterocycles. The number of aryl methyl sites for hydroxylation is 1. The summed E-state index contributed by atoms with van der Waals surface area (Å²) in [5.41, 5.74) is 2.13. The van der Waals surface area contributed by atoms with Gasteiger partial charge in [-0.3, -0.25) is 14.6 Å². The second-order valence-corrected chi connectivity index (χ2v) is 11.1. The van der Waals surface area contributed by atoms with Gasteiger partial charge in [-0.25, -0.2) is 8.42 Å². The lowest BCUT2D eigenvalue weighted by atomic mass is 10.0. The molecule has 4 rings (SSSR count). The van der Waals surface area contributed by atoms with Crippen LogP contribution in [0.4, 0.5) is 0 Å². The molecule has 2 atom stereocenters. The fourth-order valence-electron chi connectivity index (χ4n) is 4.14. The van der Waals surface area contributed by atoms with Gasteiger partial charge in [0.2, 0.25) is 5.91 Å². The molecule has 0 aliphatic carbocycles. The average molecular weight is 554 g/mol. The lowest BCUT2D eigenvalue weighted by Gasteiger charge is -2.22. The number of hydrogen-bond donors (Lipinski definition) is 2. The van der Waals surface area contributed by atoms with Gasteiger partial charge in [-0.15, -0.1) is 0 Å². The molecular formula is C32H31N3O4S. The fraction of sp³-hybridized carbons (Fsp3) is 0.156. The van der Waals surface area contributed by atoms with E-state index in [0.717, 1.165) is 16.5 Å². The summed E-state index contributed by atoms with van der Waals surface area (Å²) in [4.78, 5) is 30.8. The van der Waals surface area contributed by atoms with Crippen LogP contribution in [0.3, 0.4) is 0 Å². The van der Waals surface area contributed by atoms with E-state index in [-0.39, 0.29) is 17.0 Å². The van der Waals surface area contributed by atoms with Gasteiger partial charge in [0.15, 0.2) is 9.84 Å². The van der Waals surface area contributed by atoms with Crippen molar-refractivity contribution in [2.75, 3.05) is 0 Å². The van der Waals surface area contributed by atoms with Crippen LogP contribution in [0.1, 0.15) is 28.0 Å². The summed E-state index contributed by atoms with van der Waals surface area (Å²) in [6, 6.07) is 30.7. The van der Waals surface area contributed by atoms with Gasteiger partial charge in [-0.1, -0.05) is 91.0 Å². The summed E-state index contributed by atoms with van der Waals surface area (Å²) in [7, 11) is -3.71. The van der Waals surface area contributed by atoms with E-state index in [1.54, 1.807) is 36.4 Å². The van der Waals surface area contributed by atoms with Crippen molar-refractivity contribution in [1.29, 1.82) is 0 Å². The zero-order chi connectivity index (χ0) is 28.2. The minimum Gasteiger partial charge on any atom is -0.348 e. The Morgan fingerprint density at radius 1 is 0.750 bits per heavy atom. The zero-order valence-electron chi connectivity index (χ0n) is 21.9. The predicted molar refractivity (Wildman–Crippen MR) is 155 cm³/mol. The Morgan fingerprint density at radius 3 is 1.98 bits per heavy atom. The molecule has 3 aromatic carbocycles. The molecule has 4 aromatic rings. The van der Waals surface area contributed by atoms with Crippen molar-refractivity contribution in [3.8, 4) is 0 Å². The molecule has 0 fully saturated rings. The average Bonchev–Trinajstić information content (AvgIpc) is 3.00.